The topological polar surface area (TPSA) is 37.8 Å². The molecule has 0 aliphatic carbocycles. The maximum absolute atomic E-state index is 4.68. The van der Waals surface area contributed by atoms with Gasteiger partial charge in [-0.05, 0) is 13.5 Å². The quantitative estimate of drug-likeness (QED) is 0.890. The van der Waals surface area contributed by atoms with Crippen LogP contribution in [0.1, 0.15) is 23.9 Å². The Hall–Kier alpha value is -0.780. The molecule has 0 aliphatic rings. The van der Waals surface area contributed by atoms with E-state index < -0.39 is 0 Å². The molecule has 0 aliphatic heterocycles. The molecule has 5 heteroatoms. The summed E-state index contributed by atoms with van der Waals surface area (Å²) >= 11 is 3.37. The van der Waals surface area contributed by atoms with Crippen LogP contribution in [0.15, 0.2) is 10.9 Å². The molecular weight excluding hydrogens is 238 g/mol. The minimum Gasteiger partial charge on any atom is -0.315 e. The SMILES string of the molecule is CCCc1nc(-c2cscn2)sc1CNC. The van der Waals surface area contributed by atoms with Gasteiger partial charge in [-0.25, -0.2) is 9.97 Å². The van der Waals surface area contributed by atoms with E-state index in [1.54, 1.807) is 22.7 Å². The summed E-state index contributed by atoms with van der Waals surface area (Å²) in [6.45, 7) is 3.09. The fourth-order valence-corrected chi connectivity index (χ4v) is 3.24. The van der Waals surface area contributed by atoms with Crippen LogP contribution in [0.5, 0.6) is 0 Å². The van der Waals surface area contributed by atoms with Gasteiger partial charge in [0.25, 0.3) is 0 Å². The second-order valence-electron chi connectivity index (χ2n) is 3.54. The fraction of sp³-hybridized carbons (Fsp3) is 0.455. The van der Waals surface area contributed by atoms with Crippen molar-refractivity contribution in [1.29, 1.82) is 0 Å². The predicted octanol–water partition coefficient (Wildman–Crippen LogP) is 2.94. The van der Waals surface area contributed by atoms with Crippen molar-refractivity contribution in [2.45, 2.75) is 26.3 Å². The molecule has 3 nitrogen and oxygen atoms in total. The zero-order valence-electron chi connectivity index (χ0n) is 9.49. The van der Waals surface area contributed by atoms with Crippen molar-refractivity contribution in [1.82, 2.24) is 15.3 Å². The first-order chi connectivity index (χ1) is 7.85. The van der Waals surface area contributed by atoms with Crippen LogP contribution in [0.3, 0.4) is 0 Å². The molecule has 2 rings (SSSR count). The van der Waals surface area contributed by atoms with Gasteiger partial charge in [-0.2, -0.15) is 0 Å². The highest BCUT2D eigenvalue weighted by atomic mass is 32.1. The number of aromatic nitrogens is 2. The minimum atomic E-state index is 0.900. The van der Waals surface area contributed by atoms with E-state index >= 15 is 0 Å². The number of nitrogens with one attached hydrogen (secondary N) is 1. The maximum atomic E-state index is 4.68. The molecule has 0 radical (unpaired) electrons. The Balaban J connectivity index is 2.30. The van der Waals surface area contributed by atoms with Gasteiger partial charge in [0.05, 0.1) is 11.2 Å². The second kappa shape index (κ2) is 5.52. The number of thiazole rings is 2. The van der Waals surface area contributed by atoms with Gasteiger partial charge in [-0.15, -0.1) is 22.7 Å². The Morgan fingerprint density at radius 1 is 1.44 bits per heavy atom. The lowest BCUT2D eigenvalue weighted by atomic mass is 10.2. The standard InChI is InChI=1S/C11H15N3S2/c1-3-4-8-10(5-12-2)16-11(14-8)9-6-15-7-13-9/h6-7,12H,3-5H2,1-2H3. The lowest BCUT2D eigenvalue weighted by molar-refractivity contribution is 0.798. The van der Waals surface area contributed by atoms with Gasteiger partial charge in [0, 0.05) is 16.8 Å². The summed E-state index contributed by atoms with van der Waals surface area (Å²) in [5.41, 5.74) is 4.09. The maximum Gasteiger partial charge on any atom is 0.143 e. The summed E-state index contributed by atoms with van der Waals surface area (Å²) in [7, 11) is 1.97. The summed E-state index contributed by atoms with van der Waals surface area (Å²) in [5.74, 6) is 0. The van der Waals surface area contributed by atoms with Gasteiger partial charge < -0.3 is 5.32 Å². The van der Waals surface area contributed by atoms with E-state index in [0.29, 0.717) is 0 Å². The van der Waals surface area contributed by atoms with Crippen molar-refractivity contribution in [2.24, 2.45) is 0 Å². The molecule has 0 atom stereocenters. The molecule has 0 fully saturated rings. The summed E-state index contributed by atoms with van der Waals surface area (Å²) in [6, 6.07) is 0. The molecule has 2 heterocycles. The fourth-order valence-electron chi connectivity index (χ4n) is 1.54. The number of nitrogens with zero attached hydrogens (tertiary/aromatic N) is 2. The van der Waals surface area contributed by atoms with Crippen LogP contribution in [-0.4, -0.2) is 17.0 Å². The van der Waals surface area contributed by atoms with E-state index in [2.05, 4.69) is 27.6 Å². The lowest BCUT2D eigenvalue weighted by Crippen LogP contribution is -2.05. The second-order valence-corrected chi connectivity index (χ2v) is 5.35. The van der Waals surface area contributed by atoms with Crippen molar-refractivity contribution in [3.05, 3.63) is 21.5 Å². The Bertz CT molecular complexity index is 411. The first kappa shape index (κ1) is 11.7. The summed E-state index contributed by atoms with van der Waals surface area (Å²) in [5, 5.41) is 6.30. The Morgan fingerprint density at radius 2 is 2.31 bits per heavy atom. The van der Waals surface area contributed by atoms with Crippen LogP contribution >= 0.6 is 22.7 Å². The monoisotopic (exact) mass is 253 g/mol. The highest BCUT2D eigenvalue weighted by Gasteiger charge is 2.12. The average Bonchev–Trinajstić information content (AvgIpc) is 2.89. The molecule has 2 aromatic rings. The molecule has 0 saturated heterocycles. The van der Waals surface area contributed by atoms with Crippen LogP contribution in [0.2, 0.25) is 0 Å². The van der Waals surface area contributed by atoms with E-state index in [1.807, 2.05) is 12.6 Å². The van der Waals surface area contributed by atoms with Crippen LogP contribution in [0, 0.1) is 0 Å². The van der Waals surface area contributed by atoms with Crippen LogP contribution in [-0.2, 0) is 13.0 Å². The smallest absolute Gasteiger partial charge is 0.143 e. The molecule has 0 spiro atoms. The summed E-state index contributed by atoms with van der Waals surface area (Å²) in [4.78, 5) is 10.3. The molecular formula is C11H15N3S2. The molecule has 86 valence electrons. The lowest BCUT2D eigenvalue weighted by Gasteiger charge is -1.98. The summed E-state index contributed by atoms with van der Waals surface area (Å²) in [6.07, 6.45) is 2.19. The van der Waals surface area contributed by atoms with Crippen molar-refractivity contribution in [3.8, 4) is 10.7 Å². The normalized spacial score (nSPS) is 10.9. The van der Waals surface area contributed by atoms with E-state index in [-0.39, 0.29) is 0 Å². The van der Waals surface area contributed by atoms with Gasteiger partial charge in [0.2, 0.25) is 0 Å². The molecule has 1 N–H and O–H groups in total. The highest BCUT2D eigenvalue weighted by molar-refractivity contribution is 7.15. The Kier molecular flexibility index (Phi) is 4.04. The van der Waals surface area contributed by atoms with Gasteiger partial charge in [-0.1, -0.05) is 13.3 Å². The number of aryl methyl sites for hydroxylation is 1. The number of hydrogen-bond acceptors (Lipinski definition) is 5. The van der Waals surface area contributed by atoms with Crippen LogP contribution in [0.4, 0.5) is 0 Å². The first-order valence-corrected chi connectivity index (χ1v) is 7.12. The van der Waals surface area contributed by atoms with Crippen LogP contribution < -0.4 is 5.32 Å². The molecule has 0 amide bonds. The number of rotatable bonds is 5. The van der Waals surface area contributed by atoms with Crippen molar-refractivity contribution in [3.63, 3.8) is 0 Å². The summed E-state index contributed by atoms with van der Waals surface area (Å²) < 4.78 is 0. The van der Waals surface area contributed by atoms with Crippen molar-refractivity contribution in [2.75, 3.05) is 7.05 Å². The zero-order chi connectivity index (χ0) is 11.4. The zero-order valence-corrected chi connectivity index (χ0v) is 11.1. The highest BCUT2D eigenvalue weighted by Crippen LogP contribution is 2.28. The van der Waals surface area contributed by atoms with E-state index in [1.165, 1.54) is 10.6 Å². The third-order valence-electron chi connectivity index (χ3n) is 2.25. The molecule has 0 aromatic carbocycles. The van der Waals surface area contributed by atoms with E-state index in [0.717, 1.165) is 30.1 Å². The van der Waals surface area contributed by atoms with Gasteiger partial charge >= 0.3 is 0 Å². The molecule has 0 saturated carbocycles. The third-order valence-corrected chi connectivity index (χ3v) is 3.96. The molecule has 16 heavy (non-hydrogen) atoms. The van der Waals surface area contributed by atoms with Gasteiger partial charge in [0.1, 0.15) is 10.7 Å². The third kappa shape index (κ3) is 2.48. The van der Waals surface area contributed by atoms with E-state index in [9.17, 15) is 0 Å². The van der Waals surface area contributed by atoms with Crippen molar-refractivity contribution >= 4 is 22.7 Å². The number of hydrogen-bond donors (Lipinski definition) is 1. The Labute approximate surface area is 104 Å². The van der Waals surface area contributed by atoms with Gasteiger partial charge in [-0.3, -0.25) is 0 Å². The van der Waals surface area contributed by atoms with Gasteiger partial charge in [0.15, 0.2) is 0 Å². The van der Waals surface area contributed by atoms with Crippen molar-refractivity contribution < 1.29 is 0 Å². The first-order valence-electron chi connectivity index (χ1n) is 5.37. The molecule has 0 unspecified atom stereocenters. The van der Waals surface area contributed by atoms with Crippen LogP contribution in [0.25, 0.3) is 10.7 Å². The predicted molar refractivity (Wildman–Crippen MR) is 70.0 cm³/mol. The Morgan fingerprint density at radius 3 is 2.94 bits per heavy atom. The minimum absolute atomic E-state index is 0.900. The van der Waals surface area contributed by atoms with E-state index in [4.69, 9.17) is 0 Å². The largest absolute Gasteiger partial charge is 0.315 e. The molecule has 2 aromatic heterocycles. The molecule has 0 bridgehead atoms. The average molecular weight is 253 g/mol.